The fraction of sp³-hybridized carbons (Fsp3) is 0.120. The molecule has 2 aromatic carbocycles. The number of hydrogen-bond donors (Lipinski definition) is 2. The summed E-state index contributed by atoms with van der Waals surface area (Å²) in [4.78, 5) is 17.1. The number of nitro groups is 1. The van der Waals surface area contributed by atoms with Gasteiger partial charge in [0.1, 0.15) is 29.1 Å². The van der Waals surface area contributed by atoms with Gasteiger partial charge in [0, 0.05) is 18.0 Å². The van der Waals surface area contributed by atoms with Crippen molar-refractivity contribution < 1.29 is 19.2 Å². The van der Waals surface area contributed by atoms with Crippen LogP contribution >= 0.6 is 12.2 Å². The number of nitro benzene ring substituents is 1. The first kappa shape index (κ1) is 22.4. The summed E-state index contributed by atoms with van der Waals surface area (Å²) in [6, 6.07) is 19.7. The molecule has 1 fully saturated rings. The SMILES string of the molecule is COc1cc([N+](=O)[O-])ccc1-c1ccc([C@H]2[C@H](c3ccccn3)NC(=S)N2c2ccc(O)cc2)o1. The molecule has 0 radical (unpaired) electrons. The van der Waals surface area contributed by atoms with E-state index in [4.69, 9.17) is 21.4 Å². The van der Waals surface area contributed by atoms with Crippen LogP contribution in [0, 0.1) is 10.1 Å². The Kier molecular flexibility index (Phi) is 5.79. The molecule has 2 atom stereocenters. The van der Waals surface area contributed by atoms with E-state index in [1.54, 1.807) is 42.6 Å². The zero-order valence-corrected chi connectivity index (χ0v) is 19.3. The highest BCUT2D eigenvalue weighted by Crippen LogP contribution is 2.44. The first-order valence-electron chi connectivity index (χ1n) is 10.7. The lowest BCUT2D eigenvalue weighted by molar-refractivity contribution is -0.384. The summed E-state index contributed by atoms with van der Waals surface area (Å²) >= 11 is 5.69. The van der Waals surface area contributed by atoms with Gasteiger partial charge in [0.05, 0.1) is 35.4 Å². The van der Waals surface area contributed by atoms with Crippen LogP contribution in [-0.4, -0.2) is 27.2 Å². The van der Waals surface area contributed by atoms with Crippen LogP contribution in [0.1, 0.15) is 23.5 Å². The minimum absolute atomic E-state index is 0.0727. The van der Waals surface area contributed by atoms with Gasteiger partial charge in [-0.05, 0) is 66.8 Å². The van der Waals surface area contributed by atoms with E-state index in [1.165, 1.54) is 19.2 Å². The van der Waals surface area contributed by atoms with Crippen molar-refractivity contribution in [1.29, 1.82) is 0 Å². The molecule has 2 N–H and O–H groups in total. The van der Waals surface area contributed by atoms with Crippen molar-refractivity contribution in [2.45, 2.75) is 12.1 Å². The number of methoxy groups -OCH3 is 1. The lowest BCUT2D eigenvalue weighted by atomic mass is 10.0. The van der Waals surface area contributed by atoms with Gasteiger partial charge in [-0.25, -0.2) is 0 Å². The van der Waals surface area contributed by atoms with E-state index in [2.05, 4.69) is 10.3 Å². The Hall–Kier alpha value is -4.44. The standard InChI is InChI=1S/C25H20N4O5S/c1-33-22-14-16(29(31)32)7-10-18(22)20-11-12-21(34-20)24-23(19-4-2-3-13-26-19)27-25(35)28(24)15-5-8-17(30)9-6-15/h2-14,23-24,30H,1H3,(H,27,35)/t23-,24-/m0/s1. The van der Waals surface area contributed by atoms with Gasteiger partial charge in [0.2, 0.25) is 0 Å². The van der Waals surface area contributed by atoms with Gasteiger partial charge < -0.3 is 24.5 Å². The zero-order valence-electron chi connectivity index (χ0n) is 18.5. The van der Waals surface area contributed by atoms with Crippen molar-refractivity contribution in [3.63, 3.8) is 0 Å². The summed E-state index contributed by atoms with van der Waals surface area (Å²) < 4.78 is 11.7. The van der Waals surface area contributed by atoms with E-state index in [1.807, 2.05) is 29.2 Å². The Bertz CT molecular complexity index is 1390. The van der Waals surface area contributed by atoms with Crippen molar-refractivity contribution in [3.8, 4) is 22.8 Å². The van der Waals surface area contributed by atoms with Crippen LogP contribution in [0.3, 0.4) is 0 Å². The molecule has 0 amide bonds. The molecule has 0 aliphatic carbocycles. The first-order valence-corrected chi connectivity index (χ1v) is 11.1. The van der Waals surface area contributed by atoms with Crippen molar-refractivity contribution in [2.75, 3.05) is 12.0 Å². The van der Waals surface area contributed by atoms with Gasteiger partial charge >= 0.3 is 0 Å². The minimum Gasteiger partial charge on any atom is -0.508 e. The average molecular weight is 489 g/mol. The predicted molar refractivity (Wildman–Crippen MR) is 133 cm³/mol. The second-order valence-corrected chi connectivity index (χ2v) is 8.24. The topological polar surface area (TPSA) is 114 Å². The zero-order chi connectivity index (χ0) is 24.5. The molecule has 10 heteroatoms. The highest BCUT2D eigenvalue weighted by molar-refractivity contribution is 7.80. The molecule has 35 heavy (non-hydrogen) atoms. The Morgan fingerprint density at radius 1 is 1.14 bits per heavy atom. The largest absolute Gasteiger partial charge is 0.508 e. The normalized spacial score (nSPS) is 17.3. The maximum absolute atomic E-state index is 11.2. The summed E-state index contributed by atoms with van der Waals surface area (Å²) in [5, 5.41) is 24.8. The number of ether oxygens (including phenoxy) is 1. The molecule has 1 aliphatic rings. The van der Waals surface area contributed by atoms with Gasteiger partial charge in [0.25, 0.3) is 5.69 Å². The van der Waals surface area contributed by atoms with Crippen molar-refractivity contribution in [1.82, 2.24) is 10.3 Å². The monoisotopic (exact) mass is 488 g/mol. The first-order chi connectivity index (χ1) is 17.0. The van der Waals surface area contributed by atoms with Gasteiger partial charge in [0.15, 0.2) is 5.11 Å². The second kappa shape index (κ2) is 9.07. The number of pyridine rings is 1. The molecule has 1 saturated heterocycles. The maximum Gasteiger partial charge on any atom is 0.273 e. The quantitative estimate of drug-likeness (QED) is 0.216. The number of hydrogen-bond acceptors (Lipinski definition) is 7. The Morgan fingerprint density at radius 3 is 2.63 bits per heavy atom. The van der Waals surface area contributed by atoms with Crippen LogP contribution in [0.15, 0.2) is 83.4 Å². The van der Waals surface area contributed by atoms with Crippen molar-refractivity contribution in [3.05, 3.63) is 101 Å². The fourth-order valence-electron chi connectivity index (χ4n) is 4.19. The maximum atomic E-state index is 11.2. The molecule has 0 bridgehead atoms. The third-order valence-corrected chi connectivity index (χ3v) is 6.12. The van der Waals surface area contributed by atoms with Crippen molar-refractivity contribution in [2.24, 2.45) is 0 Å². The van der Waals surface area contributed by atoms with Crippen LogP contribution in [0.4, 0.5) is 11.4 Å². The molecule has 2 aromatic heterocycles. The Balaban J connectivity index is 1.59. The summed E-state index contributed by atoms with van der Waals surface area (Å²) in [5.74, 6) is 1.58. The van der Waals surface area contributed by atoms with E-state index >= 15 is 0 Å². The highest BCUT2D eigenvalue weighted by atomic mass is 32.1. The number of thiocarbonyl (C=S) groups is 1. The van der Waals surface area contributed by atoms with Crippen LogP contribution in [0.25, 0.3) is 11.3 Å². The lowest BCUT2D eigenvalue weighted by Gasteiger charge is -2.26. The molecular weight excluding hydrogens is 468 g/mol. The lowest BCUT2D eigenvalue weighted by Crippen LogP contribution is -2.29. The second-order valence-electron chi connectivity index (χ2n) is 7.86. The number of phenols is 1. The molecule has 0 unspecified atom stereocenters. The van der Waals surface area contributed by atoms with E-state index in [9.17, 15) is 15.2 Å². The summed E-state index contributed by atoms with van der Waals surface area (Å²) in [7, 11) is 1.45. The van der Waals surface area contributed by atoms with Gasteiger partial charge in [-0.3, -0.25) is 15.1 Å². The number of rotatable bonds is 6. The third-order valence-electron chi connectivity index (χ3n) is 5.81. The number of anilines is 1. The number of furan rings is 1. The van der Waals surface area contributed by atoms with Crippen molar-refractivity contribution >= 4 is 28.7 Å². The number of aromatic nitrogens is 1. The van der Waals surface area contributed by atoms with E-state index in [0.29, 0.717) is 27.9 Å². The number of phenolic OH excluding ortho intramolecular Hbond substituents is 1. The highest BCUT2D eigenvalue weighted by Gasteiger charge is 2.42. The molecule has 176 valence electrons. The Labute approximate surface area is 205 Å². The molecule has 0 saturated carbocycles. The predicted octanol–water partition coefficient (Wildman–Crippen LogP) is 5.14. The van der Waals surface area contributed by atoms with Gasteiger partial charge in [-0.15, -0.1) is 0 Å². The summed E-state index contributed by atoms with van der Waals surface area (Å²) in [6.45, 7) is 0. The number of aromatic hydroxyl groups is 1. The molecule has 9 nitrogen and oxygen atoms in total. The molecule has 0 spiro atoms. The summed E-state index contributed by atoms with van der Waals surface area (Å²) in [6.07, 6.45) is 1.72. The van der Waals surface area contributed by atoms with Crippen LogP contribution < -0.4 is 15.0 Å². The van der Waals surface area contributed by atoms with Gasteiger partial charge in [-0.2, -0.15) is 0 Å². The van der Waals surface area contributed by atoms with Gasteiger partial charge in [-0.1, -0.05) is 6.07 Å². The fourth-order valence-corrected chi connectivity index (χ4v) is 4.53. The average Bonchev–Trinajstić information content (AvgIpc) is 3.49. The smallest absolute Gasteiger partial charge is 0.273 e. The molecule has 1 aliphatic heterocycles. The number of benzene rings is 2. The Morgan fingerprint density at radius 2 is 1.94 bits per heavy atom. The van der Waals surface area contributed by atoms with E-state index in [0.717, 1.165) is 11.4 Å². The number of nitrogens with one attached hydrogen (secondary N) is 1. The molecule has 4 aromatic rings. The third kappa shape index (κ3) is 4.15. The minimum atomic E-state index is -0.474. The van der Waals surface area contributed by atoms with Crippen LogP contribution in [0.2, 0.25) is 0 Å². The number of non-ortho nitro benzene ring substituents is 1. The molecule has 5 rings (SSSR count). The van der Waals surface area contributed by atoms with Crippen LogP contribution in [0.5, 0.6) is 11.5 Å². The molecular formula is C25H20N4O5S. The van der Waals surface area contributed by atoms with E-state index in [-0.39, 0.29) is 23.5 Å². The number of nitrogens with zero attached hydrogens (tertiary/aromatic N) is 3. The summed E-state index contributed by atoms with van der Waals surface area (Å²) in [5.41, 5.74) is 2.07. The molecule has 3 heterocycles. The van der Waals surface area contributed by atoms with E-state index < -0.39 is 4.92 Å². The van der Waals surface area contributed by atoms with Crippen LogP contribution in [-0.2, 0) is 0 Å².